The van der Waals surface area contributed by atoms with Crippen molar-refractivity contribution in [2.45, 2.75) is 111 Å². The molecular formula is C88H104N6+6. The fraction of sp³-hybridized carbons (Fsp3) is 0.250. The van der Waals surface area contributed by atoms with Crippen LogP contribution in [0.4, 0.5) is 0 Å². The maximum atomic E-state index is 2.26. The van der Waals surface area contributed by atoms with Crippen molar-refractivity contribution in [2.24, 2.45) is 42.3 Å². The lowest BCUT2D eigenvalue weighted by Gasteiger charge is -2.10. The van der Waals surface area contributed by atoms with E-state index in [2.05, 4.69) is 412 Å². The summed E-state index contributed by atoms with van der Waals surface area (Å²) in [6, 6.07) is 70.6. The molecule has 12 rings (SSSR count). The van der Waals surface area contributed by atoms with E-state index in [1.165, 1.54) is 157 Å². The fourth-order valence-corrected chi connectivity index (χ4v) is 12.4. The van der Waals surface area contributed by atoms with Gasteiger partial charge in [0.05, 0.1) is 0 Å². The quantitative estimate of drug-likeness (QED) is 0.148. The first-order valence-corrected chi connectivity index (χ1v) is 32.9. The van der Waals surface area contributed by atoms with Crippen LogP contribution in [0.15, 0.2) is 231 Å². The summed E-state index contributed by atoms with van der Waals surface area (Å²) in [6.45, 7) is 34.6. The Bertz CT molecular complexity index is 4500. The molecular weight excluding hydrogens is 1140 g/mol. The second-order valence-corrected chi connectivity index (χ2v) is 25.7. The largest absolute Gasteiger partial charge is 0.215 e. The van der Waals surface area contributed by atoms with E-state index < -0.39 is 0 Å². The van der Waals surface area contributed by atoms with Gasteiger partial charge >= 0.3 is 0 Å². The Morgan fingerprint density at radius 2 is 0.606 bits per heavy atom. The van der Waals surface area contributed by atoms with Gasteiger partial charge in [0.25, 0.3) is 0 Å². The van der Waals surface area contributed by atoms with Gasteiger partial charge in [-0.2, -0.15) is 4.57 Å². The molecule has 0 saturated heterocycles. The first-order valence-electron chi connectivity index (χ1n) is 32.9. The number of nitrogens with zero attached hydrogens (tertiary/aromatic N) is 6. The number of hydrogen-bond acceptors (Lipinski definition) is 0. The van der Waals surface area contributed by atoms with E-state index in [9.17, 15) is 0 Å². The topological polar surface area (TPSA) is 23.3 Å². The van der Waals surface area contributed by atoms with Gasteiger partial charge < -0.3 is 0 Å². The number of pyridine rings is 6. The van der Waals surface area contributed by atoms with Gasteiger partial charge in [-0.3, -0.25) is 0 Å². The van der Waals surface area contributed by atoms with E-state index in [-0.39, 0.29) is 0 Å². The molecule has 0 unspecified atom stereocenters. The van der Waals surface area contributed by atoms with Crippen LogP contribution in [0.25, 0.3) is 67.5 Å². The van der Waals surface area contributed by atoms with E-state index in [1.54, 1.807) is 0 Å². The van der Waals surface area contributed by atoms with Gasteiger partial charge in [-0.1, -0.05) is 109 Å². The molecule has 6 heterocycles. The van der Waals surface area contributed by atoms with E-state index in [0.717, 1.165) is 0 Å². The third kappa shape index (κ3) is 18.1. The lowest BCUT2D eigenvalue weighted by atomic mass is 9.97. The standard InChI is InChI=1S/C16H20N.2C15H18N.3C14H16N/c1-11-8-6-7-9-15(11)16-14(4)13(3)12(2)10-17(16)5;1-11-9-13(3)15(16(4)10-11)14-8-6-5-7-12(14)2;1-11-7-5-6-8-14(11)15-9-12(2)13(3)10-16(15)4;1-11-7-4-5-9-13(11)14-12(2)8-6-10-15(14)3;1-11-7-4-5-9-13(11)14-10-6-8-12(2)15(14)3;1-11-8-9-15(3)14(10-11)13-7-5-4-6-12(13)2/h6-10H,1-5H3;2*5-10H,1-4H3;3*4-10H,1-3H3/q6*+1. The Kier molecular flexibility index (Phi) is 25.3. The Balaban J connectivity index is 0.000000160. The summed E-state index contributed by atoms with van der Waals surface area (Å²) in [5, 5.41) is 0. The molecule has 6 aromatic carbocycles. The SMILES string of the molecule is Cc1cc(-c2ccccc2C)[n+](C)cc1C.Cc1cc(C)c(-c2ccccc2C)[n+](C)c1.Cc1cc[n+](C)c(-c2ccccc2C)c1.Cc1ccccc1-c1c(C)c(C)c(C)c[n+]1C.Cc1ccccc1-c1c(C)ccc[n+]1C.Cc1ccccc1-c1cccc(C)[n+]1C. The van der Waals surface area contributed by atoms with Gasteiger partial charge in [-0.15, -0.1) is 0 Å². The summed E-state index contributed by atoms with van der Waals surface area (Å²) in [5.74, 6) is 0. The van der Waals surface area contributed by atoms with Crippen molar-refractivity contribution < 1.29 is 27.4 Å². The minimum absolute atomic E-state index is 1.27. The normalized spacial score (nSPS) is 10.4. The number of hydrogen-bond donors (Lipinski definition) is 0. The predicted molar refractivity (Wildman–Crippen MR) is 394 cm³/mol. The summed E-state index contributed by atoms with van der Waals surface area (Å²) in [7, 11) is 12.6. The van der Waals surface area contributed by atoms with Crippen LogP contribution in [0.5, 0.6) is 0 Å². The molecule has 6 aromatic heterocycles. The fourth-order valence-electron chi connectivity index (χ4n) is 12.4. The molecule has 0 spiro atoms. The molecule has 0 radical (unpaired) electrons. The highest BCUT2D eigenvalue weighted by molar-refractivity contribution is 5.67. The van der Waals surface area contributed by atoms with Gasteiger partial charge in [0.2, 0.25) is 34.2 Å². The molecule has 6 nitrogen and oxygen atoms in total. The third-order valence-electron chi connectivity index (χ3n) is 18.2. The van der Waals surface area contributed by atoms with Crippen LogP contribution in [0, 0.1) is 111 Å². The van der Waals surface area contributed by atoms with Crippen molar-refractivity contribution in [1.29, 1.82) is 0 Å². The highest BCUT2D eigenvalue weighted by atomic mass is 15.0. The minimum Gasteiger partial charge on any atom is -0.201 e. The van der Waals surface area contributed by atoms with E-state index >= 15 is 0 Å². The molecule has 0 fully saturated rings. The van der Waals surface area contributed by atoms with Gasteiger partial charge in [-0.05, 0) is 209 Å². The molecule has 0 aliphatic heterocycles. The van der Waals surface area contributed by atoms with Gasteiger partial charge in [0, 0.05) is 110 Å². The number of rotatable bonds is 6. The monoisotopic (exact) mass is 1240 g/mol. The van der Waals surface area contributed by atoms with Crippen LogP contribution in [0.2, 0.25) is 0 Å². The molecule has 0 aliphatic rings. The molecule has 0 N–H and O–H groups in total. The Hall–Kier alpha value is -9.78. The predicted octanol–water partition coefficient (Wildman–Crippen LogP) is 18.0. The van der Waals surface area contributed by atoms with E-state index in [1.807, 2.05) is 0 Å². The molecule has 480 valence electrons. The van der Waals surface area contributed by atoms with Gasteiger partial charge in [0.1, 0.15) is 42.3 Å². The summed E-state index contributed by atoms with van der Waals surface area (Å²) >= 11 is 0. The van der Waals surface area contributed by atoms with Crippen LogP contribution >= 0.6 is 0 Å². The van der Waals surface area contributed by atoms with Crippen LogP contribution in [0.1, 0.15) is 89.1 Å². The van der Waals surface area contributed by atoms with E-state index in [4.69, 9.17) is 0 Å². The molecule has 12 aromatic rings. The highest BCUT2D eigenvalue weighted by Gasteiger charge is 2.21. The average Bonchev–Trinajstić information content (AvgIpc) is 0.841. The lowest BCUT2D eigenvalue weighted by molar-refractivity contribution is -0.666. The van der Waals surface area contributed by atoms with Gasteiger partial charge in [-0.25, -0.2) is 22.8 Å². The molecule has 0 amide bonds. The van der Waals surface area contributed by atoms with Crippen LogP contribution in [0.3, 0.4) is 0 Å². The molecule has 0 saturated carbocycles. The molecule has 0 bridgehead atoms. The zero-order chi connectivity index (χ0) is 68.5. The summed E-state index contributed by atoms with van der Waals surface area (Å²) in [4.78, 5) is 0. The molecule has 94 heavy (non-hydrogen) atoms. The smallest absolute Gasteiger partial charge is 0.201 e. The Morgan fingerprint density at radius 3 is 1.06 bits per heavy atom. The minimum atomic E-state index is 1.27. The summed E-state index contributed by atoms with van der Waals surface area (Å²) in [5.41, 5.74) is 36.9. The maximum absolute atomic E-state index is 2.26. The zero-order valence-corrected chi connectivity index (χ0v) is 60.6. The van der Waals surface area contributed by atoms with Crippen molar-refractivity contribution in [3.05, 3.63) is 320 Å². The summed E-state index contributed by atoms with van der Waals surface area (Å²) in [6.07, 6.45) is 10.8. The van der Waals surface area contributed by atoms with Crippen molar-refractivity contribution in [1.82, 2.24) is 0 Å². The average molecular weight is 1250 g/mol. The molecule has 6 heteroatoms. The zero-order valence-electron chi connectivity index (χ0n) is 60.6. The summed E-state index contributed by atoms with van der Waals surface area (Å²) < 4.78 is 13.2. The second kappa shape index (κ2) is 33.2. The molecule has 0 aliphatic carbocycles. The number of aromatic nitrogens is 6. The van der Waals surface area contributed by atoms with Crippen LogP contribution < -0.4 is 27.4 Å². The van der Waals surface area contributed by atoms with Crippen LogP contribution in [-0.4, -0.2) is 0 Å². The first-order chi connectivity index (χ1) is 44.8. The second-order valence-electron chi connectivity index (χ2n) is 25.7. The maximum Gasteiger partial charge on any atom is 0.215 e. The van der Waals surface area contributed by atoms with Crippen molar-refractivity contribution in [3.63, 3.8) is 0 Å². The number of benzene rings is 6. The van der Waals surface area contributed by atoms with Crippen LogP contribution in [-0.2, 0) is 42.3 Å². The highest BCUT2D eigenvalue weighted by Crippen LogP contribution is 2.28. The van der Waals surface area contributed by atoms with Crippen molar-refractivity contribution in [3.8, 4) is 67.5 Å². The van der Waals surface area contributed by atoms with Crippen molar-refractivity contribution >= 4 is 0 Å². The number of aryl methyl sites for hydroxylation is 19. The third-order valence-corrected chi connectivity index (χ3v) is 18.2. The Labute approximate surface area is 565 Å². The van der Waals surface area contributed by atoms with E-state index in [0.29, 0.717) is 0 Å². The first kappa shape index (κ1) is 71.7. The Morgan fingerprint density at radius 1 is 0.213 bits per heavy atom. The van der Waals surface area contributed by atoms with Gasteiger partial charge in [0.15, 0.2) is 36.7 Å². The molecule has 0 atom stereocenters. The lowest BCUT2D eigenvalue weighted by Crippen LogP contribution is -2.34. The van der Waals surface area contributed by atoms with Crippen molar-refractivity contribution in [2.75, 3.05) is 0 Å².